The Morgan fingerprint density at radius 3 is 2.63 bits per heavy atom. The molecule has 2 heteroatoms. The van der Waals surface area contributed by atoms with E-state index in [-0.39, 0.29) is 0 Å². The maximum absolute atomic E-state index is 9.60. The molecule has 0 aromatic heterocycles. The molecule has 98 valence electrons. The summed E-state index contributed by atoms with van der Waals surface area (Å²) in [5, 5.41) is 9.60. The third-order valence-electron chi connectivity index (χ3n) is 4.06. The fourth-order valence-electron chi connectivity index (χ4n) is 2.84. The number of fused-ring (bicyclic) bond motifs is 1. The molecule has 0 amide bonds. The smallest absolute Gasteiger partial charge is 0.115 e. The van der Waals surface area contributed by atoms with Crippen LogP contribution in [0.4, 0.5) is 0 Å². The second kappa shape index (κ2) is 5.06. The number of phenolic OH excluding ortho intramolecular Hbond substituents is 1. The van der Waals surface area contributed by atoms with Crippen molar-refractivity contribution in [2.45, 2.75) is 25.9 Å². The van der Waals surface area contributed by atoms with Crippen molar-refractivity contribution >= 4 is 0 Å². The highest BCUT2D eigenvalue weighted by atomic mass is 16.3. The first-order valence-electron chi connectivity index (χ1n) is 6.84. The van der Waals surface area contributed by atoms with E-state index >= 15 is 0 Å². The minimum Gasteiger partial charge on any atom is -0.508 e. The summed E-state index contributed by atoms with van der Waals surface area (Å²) in [6.45, 7) is 4.28. The average molecular weight is 253 g/mol. The number of benzene rings is 2. The third kappa shape index (κ3) is 2.49. The average Bonchev–Trinajstić information content (AvgIpc) is 2.46. The molecule has 0 saturated carbocycles. The molecule has 2 aromatic carbocycles. The fourth-order valence-corrected chi connectivity index (χ4v) is 2.84. The molecule has 1 N–H and O–H groups in total. The van der Waals surface area contributed by atoms with E-state index in [2.05, 4.69) is 42.2 Å². The van der Waals surface area contributed by atoms with Gasteiger partial charge < -0.3 is 5.11 Å². The van der Waals surface area contributed by atoms with Crippen molar-refractivity contribution in [3.63, 3.8) is 0 Å². The highest BCUT2D eigenvalue weighted by molar-refractivity contribution is 5.32. The highest BCUT2D eigenvalue weighted by Crippen LogP contribution is 2.28. The summed E-state index contributed by atoms with van der Waals surface area (Å²) < 4.78 is 0. The van der Waals surface area contributed by atoms with Gasteiger partial charge in [-0.1, -0.05) is 36.4 Å². The number of aromatic hydroxyl groups is 1. The Labute approximate surface area is 114 Å². The van der Waals surface area contributed by atoms with Crippen molar-refractivity contribution in [3.8, 4) is 5.75 Å². The molecular formula is C17H19NO. The van der Waals surface area contributed by atoms with E-state index < -0.39 is 0 Å². The molecule has 2 nitrogen and oxygen atoms in total. The number of phenols is 1. The van der Waals surface area contributed by atoms with Crippen LogP contribution in [0.1, 0.15) is 29.7 Å². The van der Waals surface area contributed by atoms with Gasteiger partial charge in [0.15, 0.2) is 0 Å². The van der Waals surface area contributed by atoms with Gasteiger partial charge in [-0.15, -0.1) is 0 Å². The zero-order valence-electron chi connectivity index (χ0n) is 11.2. The summed E-state index contributed by atoms with van der Waals surface area (Å²) in [4.78, 5) is 2.47. The normalized spacial score (nSPS) is 16.9. The van der Waals surface area contributed by atoms with Crippen LogP contribution in [0.15, 0.2) is 48.5 Å². The van der Waals surface area contributed by atoms with E-state index in [1.807, 2.05) is 12.1 Å². The lowest BCUT2D eigenvalue weighted by atomic mass is 9.97. The fraction of sp³-hybridized carbons (Fsp3) is 0.294. The lowest BCUT2D eigenvalue weighted by Gasteiger charge is -2.34. The van der Waals surface area contributed by atoms with Crippen LogP contribution in [-0.4, -0.2) is 16.6 Å². The molecule has 1 heterocycles. The van der Waals surface area contributed by atoms with Gasteiger partial charge in [0.25, 0.3) is 0 Å². The summed E-state index contributed by atoms with van der Waals surface area (Å²) in [6.07, 6.45) is 1.11. The van der Waals surface area contributed by atoms with E-state index in [0.29, 0.717) is 11.8 Å². The third-order valence-corrected chi connectivity index (χ3v) is 4.06. The molecule has 0 fully saturated rings. The summed E-state index contributed by atoms with van der Waals surface area (Å²) >= 11 is 0. The number of rotatable bonds is 2. The molecular weight excluding hydrogens is 234 g/mol. The topological polar surface area (TPSA) is 23.5 Å². The van der Waals surface area contributed by atoms with Gasteiger partial charge in [0.2, 0.25) is 0 Å². The second-order valence-corrected chi connectivity index (χ2v) is 5.26. The molecule has 0 spiro atoms. The van der Waals surface area contributed by atoms with E-state index in [4.69, 9.17) is 0 Å². The first-order chi connectivity index (χ1) is 9.24. The Kier molecular flexibility index (Phi) is 3.26. The van der Waals surface area contributed by atoms with Gasteiger partial charge in [0.1, 0.15) is 5.75 Å². The van der Waals surface area contributed by atoms with Crippen LogP contribution in [0, 0.1) is 0 Å². The summed E-state index contributed by atoms with van der Waals surface area (Å²) in [5.74, 6) is 0.349. The van der Waals surface area contributed by atoms with Crippen LogP contribution in [-0.2, 0) is 13.0 Å². The first kappa shape index (κ1) is 12.2. The quantitative estimate of drug-likeness (QED) is 0.885. The van der Waals surface area contributed by atoms with Gasteiger partial charge in [-0.3, -0.25) is 4.90 Å². The zero-order chi connectivity index (χ0) is 13.2. The number of hydrogen-bond acceptors (Lipinski definition) is 2. The standard InChI is InChI=1S/C17H19NO/c1-13(15-7-4-8-17(19)11-15)18-10-9-14-5-2-3-6-16(14)12-18/h2-8,11,13,19H,9-10,12H2,1H3. The molecule has 1 aliphatic rings. The van der Waals surface area contributed by atoms with Gasteiger partial charge in [-0.05, 0) is 42.2 Å². The van der Waals surface area contributed by atoms with E-state index in [9.17, 15) is 5.11 Å². The molecule has 19 heavy (non-hydrogen) atoms. The maximum atomic E-state index is 9.60. The highest BCUT2D eigenvalue weighted by Gasteiger charge is 2.21. The molecule has 3 rings (SSSR count). The van der Waals surface area contributed by atoms with Crippen LogP contribution >= 0.6 is 0 Å². The zero-order valence-corrected chi connectivity index (χ0v) is 11.2. The minimum absolute atomic E-state index is 0.334. The molecule has 1 aliphatic heterocycles. The summed E-state index contributed by atoms with van der Waals surface area (Å²) in [5.41, 5.74) is 4.09. The van der Waals surface area contributed by atoms with Gasteiger partial charge >= 0.3 is 0 Å². The van der Waals surface area contributed by atoms with Gasteiger partial charge in [-0.25, -0.2) is 0 Å². The molecule has 0 aliphatic carbocycles. The summed E-state index contributed by atoms with van der Waals surface area (Å²) in [7, 11) is 0. The predicted octanol–water partition coefficient (Wildman–Crippen LogP) is 3.51. The van der Waals surface area contributed by atoms with Crippen LogP contribution in [0.2, 0.25) is 0 Å². The Morgan fingerprint density at radius 2 is 1.84 bits per heavy atom. The van der Waals surface area contributed by atoms with Crippen LogP contribution in [0.25, 0.3) is 0 Å². The van der Waals surface area contributed by atoms with Crippen LogP contribution in [0.5, 0.6) is 5.75 Å². The van der Waals surface area contributed by atoms with Crippen molar-refractivity contribution in [2.24, 2.45) is 0 Å². The Morgan fingerprint density at radius 1 is 1.05 bits per heavy atom. The van der Waals surface area contributed by atoms with E-state index in [1.54, 1.807) is 6.07 Å². The van der Waals surface area contributed by atoms with Crippen molar-refractivity contribution in [2.75, 3.05) is 6.54 Å². The van der Waals surface area contributed by atoms with Crippen LogP contribution < -0.4 is 0 Å². The SMILES string of the molecule is CC(c1cccc(O)c1)N1CCc2ccccc2C1. The Hall–Kier alpha value is -1.80. The molecule has 0 saturated heterocycles. The van der Waals surface area contributed by atoms with Crippen molar-refractivity contribution in [3.05, 3.63) is 65.2 Å². The maximum Gasteiger partial charge on any atom is 0.115 e. The van der Waals surface area contributed by atoms with Gasteiger partial charge in [0.05, 0.1) is 0 Å². The molecule has 0 radical (unpaired) electrons. The van der Waals surface area contributed by atoms with E-state index in [1.165, 1.54) is 16.7 Å². The monoisotopic (exact) mass is 253 g/mol. The minimum atomic E-state index is 0.334. The lowest BCUT2D eigenvalue weighted by Crippen LogP contribution is -2.32. The van der Waals surface area contributed by atoms with Crippen molar-refractivity contribution in [1.82, 2.24) is 4.90 Å². The van der Waals surface area contributed by atoms with Gasteiger partial charge in [-0.2, -0.15) is 0 Å². The molecule has 1 unspecified atom stereocenters. The second-order valence-electron chi connectivity index (χ2n) is 5.26. The number of nitrogens with zero attached hydrogens (tertiary/aromatic N) is 1. The van der Waals surface area contributed by atoms with Crippen molar-refractivity contribution < 1.29 is 5.11 Å². The lowest BCUT2D eigenvalue weighted by molar-refractivity contribution is 0.192. The molecule has 2 aromatic rings. The largest absolute Gasteiger partial charge is 0.508 e. The van der Waals surface area contributed by atoms with Crippen LogP contribution in [0.3, 0.4) is 0 Å². The Balaban J connectivity index is 1.81. The van der Waals surface area contributed by atoms with E-state index in [0.717, 1.165) is 19.5 Å². The van der Waals surface area contributed by atoms with Crippen molar-refractivity contribution in [1.29, 1.82) is 0 Å². The molecule has 0 bridgehead atoms. The first-order valence-corrected chi connectivity index (χ1v) is 6.84. The number of hydrogen-bond donors (Lipinski definition) is 1. The van der Waals surface area contributed by atoms with Gasteiger partial charge in [0, 0.05) is 19.1 Å². The predicted molar refractivity (Wildman–Crippen MR) is 77.1 cm³/mol. The Bertz CT molecular complexity index is 579. The summed E-state index contributed by atoms with van der Waals surface area (Å²) in [6, 6.07) is 16.6. The molecule has 1 atom stereocenters.